The molecule has 6 nitrogen and oxygen atoms in total. The highest BCUT2D eigenvalue weighted by Gasteiger charge is 2.31. The molecule has 1 aromatic heterocycles. The average molecular weight is 418 g/mol. The molecule has 0 saturated carbocycles. The Balaban J connectivity index is 0.00000352. The molecular weight excluding hydrogens is 374 g/mol. The van der Waals surface area contributed by atoms with Crippen molar-refractivity contribution in [1.82, 2.24) is 9.78 Å². The highest BCUT2D eigenvalue weighted by molar-refractivity contribution is 8.30. The van der Waals surface area contributed by atoms with Crippen LogP contribution in [0.3, 0.4) is 0 Å². The fourth-order valence-electron chi connectivity index (χ4n) is 2.30. The first-order valence-corrected chi connectivity index (χ1v) is 12.4. The predicted molar refractivity (Wildman–Crippen MR) is 124 cm³/mol. The van der Waals surface area contributed by atoms with Crippen LogP contribution in [0.5, 0.6) is 5.75 Å². The van der Waals surface area contributed by atoms with Gasteiger partial charge < -0.3 is 13.8 Å². The number of anilines is 1. The minimum absolute atomic E-state index is 0.101. The molecule has 166 valence electrons. The summed E-state index contributed by atoms with van der Waals surface area (Å²) in [5.41, 5.74) is -0.165. The van der Waals surface area contributed by atoms with Crippen LogP contribution in [0.25, 0.3) is 0 Å². The summed E-state index contributed by atoms with van der Waals surface area (Å²) in [6, 6.07) is 1.53. The van der Waals surface area contributed by atoms with Gasteiger partial charge in [0.05, 0.1) is 25.8 Å². The fraction of sp³-hybridized carbons (Fsp3) is 0.810. The van der Waals surface area contributed by atoms with E-state index in [0.29, 0.717) is 37.2 Å². The standard InChI is InChI=1S/C19H37N3O3S.C2H6/c1-10-26(9,19(4,5)6)25-12-11-22-17(23)13-16(24-14-15(2)3)18(20-22)21(7)8;1-2/h13,15H,10-12,14H2,1-9H3;1-2H3. The Morgan fingerprint density at radius 2 is 1.82 bits per heavy atom. The van der Waals surface area contributed by atoms with Crippen LogP contribution in [0, 0.1) is 5.92 Å². The monoisotopic (exact) mass is 417 g/mol. The van der Waals surface area contributed by atoms with Gasteiger partial charge in [0.25, 0.3) is 5.56 Å². The Labute approximate surface area is 174 Å². The Hall–Kier alpha value is -1.21. The van der Waals surface area contributed by atoms with Crippen LogP contribution in [-0.4, -0.2) is 53.8 Å². The summed E-state index contributed by atoms with van der Waals surface area (Å²) in [5, 5.41) is 4.49. The molecule has 0 N–H and O–H groups in total. The second-order valence-corrected chi connectivity index (χ2v) is 12.3. The van der Waals surface area contributed by atoms with Crippen molar-refractivity contribution in [2.75, 3.05) is 44.2 Å². The molecule has 0 aliphatic carbocycles. The van der Waals surface area contributed by atoms with E-state index in [-0.39, 0.29) is 10.3 Å². The lowest BCUT2D eigenvalue weighted by Gasteiger charge is -2.46. The van der Waals surface area contributed by atoms with Crippen molar-refractivity contribution in [2.45, 2.75) is 66.7 Å². The molecule has 0 saturated heterocycles. The molecule has 1 aromatic rings. The molecule has 1 heterocycles. The first kappa shape index (κ1) is 26.8. The van der Waals surface area contributed by atoms with Crippen molar-refractivity contribution in [3.8, 4) is 5.75 Å². The van der Waals surface area contributed by atoms with Gasteiger partial charge in [0, 0.05) is 18.8 Å². The highest BCUT2D eigenvalue weighted by Crippen LogP contribution is 2.56. The third-order valence-electron chi connectivity index (χ3n) is 4.43. The average Bonchev–Trinajstić information content (AvgIpc) is 2.61. The Bertz CT molecular complexity index is 639. The SMILES string of the molecule is CC.CCS(C)(OCCn1nc(N(C)C)c(OCC(C)C)cc1=O)C(C)(C)C. The number of hydrogen-bond donors (Lipinski definition) is 0. The molecule has 28 heavy (non-hydrogen) atoms. The van der Waals surface area contributed by atoms with E-state index in [4.69, 9.17) is 8.92 Å². The Morgan fingerprint density at radius 3 is 2.25 bits per heavy atom. The van der Waals surface area contributed by atoms with E-state index >= 15 is 0 Å². The number of ether oxygens (including phenoxy) is 1. The van der Waals surface area contributed by atoms with Crippen LogP contribution in [0.1, 0.15) is 55.4 Å². The van der Waals surface area contributed by atoms with Crippen LogP contribution < -0.4 is 15.2 Å². The van der Waals surface area contributed by atoms with E-state index in [0.717, 1.165) is 5.75 Å². The zero-order valence-electron chi connectivity index (χ0n) is 20.0. The third-order valence-corrected chi connectivity index (χ3v) is 8.81. The molecular formula is C21H43N3O3S. The summed E-state index contributed by atoms with van der Waals surface area (Å²) in [6.07, 6.45) is 2.21. The topological polar surface area (TPSA) is 56.6 Å². The smallest absolute Gasteiger partial charge is 0.270 e. The lowest BCUT2D eigenvalue weighted by molar-refractivity contribution is 0.267. The van der Waals surface area contributed by atoms with Crippen molar-refractivity contribution in [3.05, 3.63) is 16.4 Å². The number of rotatable bonds is 9. The van der Waals surface area contributed by atoms with Gasteiger partial charge in [-0.3, -0.25) is 4.79 Å². The van der Waals surface area contributed by atoms with Gasteiger partial charge in [-0.05, 0) is 17.9 Å². The summed E-state index contributed by atoms with van der Waals surface area (Å²) in [5.74, 6) is 2.56. The maximum Gasteiger partial charge on any atom is 0.270 e. The summed E-state index contributed by atoms with van der Waals surface area (Å²) in [4.78, 5) is 14.3. The highest BCUT2D eigenvalue weighted by atomic mass is 32.3. The zero-order valence-corrected chi connectivity index (χ0v) is 20.8. The zero-order chi connectivity index (χ0) is 22.1. The van der Waals surface area contributed by atoms with E-state index in [9.17, 15) is 4.79 Å². The van der Waals surface area contributed by atoms with E-state index in [2.05, 4.69) is 52.9 Å². The first-order chi connectivity index (χ1) is 12.9. The van der Waals surface area contributed by atoms with Gasteiger partial charge in [0.1, 0.15) is 0 Å². The second kappa shape index (κ2) is 11.7. The van der Waals surface area contributed by atoms with Gasteiger partial charge in [-0.15, -0.1) is 15.4 Å². The molecule has 0 aliphatic heterocycles. The van der Waals surface area contributed by atoms with Gasteiger partial charge in [0.2, 0.25) is 0 Å². The van der Waals surface area contributed by atoms with Crippen LogP contribution >= 0.6 is 10.3 Å². The Kier molecular flexibility index (Phi) is 11.2. The van der Waals surface area contributed by atoms with Gasteiger partial charge in [-0.1, -0.05) is 55.4 Å². The molecule has 0 radical (unpaired) electrons. The number of hydrogen-bond acceptors (Lipinski definition) is 5. The molecule has 0 spiro atoms. The van der Waals surface area contributed by atoms with E-state index in [1.807, 2.05) is 32.8 Å². The minimum Gasteiger partial charge on any atom is -0.489 e. The molecule has 0 fully saturated rings. The quantitative estimate of drug-likeness (QED) is 0.590. The maximum atomic E-state index is 12.4. The van der Waals surface area contributed by atoms with Crippen molar-refractivity contribution in [3.63, 3.8) is 0 Å². The minimum atomic E-state index is -1.21. The van der Waals surface area contributed by atoms with E-state index in [1.54, 1.807) is 0 Å². The fourth-order valence-corrected chi connectivity index (χ4v) is 4.13. The summed E-state index contributed by atoms with van der Waals surface area (Å²) < 4.78 is 13.6. The van der Waals surface area contributed by atoms with Crippen molar-refractivity contribution >= 4 is 16.1 Å². The first-order valence-electron chi connectivity index (χ1n) is 10.2. The second-order valence-electron chi connectivity index (χ2n) is 8.22. The van der Waals surface area contributed by atoms with Gasteiger partial charge in [-0.2, -0.15) is 0 Å². The van der Waals surface area contributed by atoms with Crippen LogP contribution in [0.4, 0.5) is 5.82 Å². The maximum absolute atomic E-state index is 12.4. The van der Waals surface area contributed by atoms with Gasteiger partial charge >= 0.3 is 0 Å². The van der Waals surface area contributed by atoms with E-state index in [1.165, 1.54) is 10.7 Å². The molecule has 1 unspecified atom stereocenters. The summed E-state index contributed by atoms with van der Waals surface area (Å²) in [6.45, 7) is 18.4. The van der Waals surface area contributed by atoms with Crippen LogP contribution in [-0.2, 0) is 10.7 Å². The van der Waals surface area contributed by atoms with Gasteiger partial charge in [-0.25, -0.2) is 4.68 Å². The van der Waals surface area contributed by atoms with Gasteiger partial charge in [0.15, 0.2) is 11.6 Å². The van der Waals surface area contributed by atoms with Crippen molar-refractivity contribution in [1.29, 1.82) is 0 Å². The van der Waals surface area contributed by atoms with E-state index < -0.39 is 10.3 Å². The lowest BCUT2D eigenvalue weighted by Crippen LogP contribution is -2.31. The van der Waals surface area contributed by atoms with Crippen molar-refractivity contribution < 1.29 is 8.92 Å². The predicted octanol–water partition coefficient (Wildman–Crippen LogP) is 4.55. The summed E-state index contributed by atoms with van der Waals surface area (Å²) >= 11 is 0. The molecule has 1 rings (SSSR count). The molecule has 0 amide bonds. The summed E-state index contributed by atoms with van der Waals surface area (Å²) in [7, 11) is 2.59. The molecule has 0 aliphatic rings. The number of aromatic nitrogens is 2. The molecule has 0 aromatic carbocycles. The number of nitrogens with zero attached hydrogens (tertiary/aromatic N) is 3. The van der Waals surface area contributed by atoms with Crippen LogP contribution in [0.2, 0.25) is 0 Å². The lowest BCUT2D eigenvalue weighted by atomic mass is 10.2. The molecule has 0 bridgehead atoms. The van der Waals surface area contributed by atoms with Crippen LogP contribution in [0.15, 0.2) is 10.9 Å². The van der Waals surface area contributed by atoms with Crippen molar-refractivity contribution in [2.24, 2.45) is 5.92 Å². The largest absolute Gasteiger partial charge is 0.489 e. The normalized spacial score (nSPS) is 14.7. The molecule has 7 heteroatoms. The molecule has 1 atom stereocenters. The Morgan fingerprint density at radius 1 is 1.25 bits per heavy atom. The third kappa shape index (κ3) is 7.66.